The van der Waals surface area contributed by atoms with Crippen molar-refractivity contribution in [1.29, 1.82) is 0 Å². The maximum atomic E-state index is 2.42. The fourth-order valence-electron chi connectivity index (χ4n) is 8.57. The molecule has 0 unspecified atom stereocenters. The maximum absolute atomic E-state index is 2.42. The summed E-state index contributed by atoms with van der Waals surface area (Å²) in [7, 11) is 0. The Bertz CT molecular complexity index is 2830. The molecule has 1 aliphatic carbocycles. The van der Waals surface area contributed by atoms with Gasteiger partial charge in [-0.3, -0.25) is 0 Å². The lowest BCUT2D eigenvalue weighted by molar-refractivity contribution is 0.660. The van der Waals surface area contributed by atoms with Crippen molar-refractivity contribution in [2.75, 3.05) is 4.90 Å². The molecule has 9 aromatic rings. The van der Waals surface area contributed by atoms with Crippen molar-refractivity contribution in [3.63, 3.8) is 0 Å². The smallest absolute Gasteiger partial charge is 0.0468 e. The molecule has 1 nitrogen and oxygen atoms in total. The topological polar surface area (TPSA) is 3.24 Å². The second-order valence-electron chi connectivity index (χ2n) is 15.0. The molecule has 0 fully saturated rings. The molecule has 1 heteroatoms. The first kappa shape index (κ1) is 32.0. The number of benzene rings is 9. The molecule has 0 saturated heterocycles. The average molecular weight is 690 g/mol. The van der Waals surface area contributed by atoms with Gasteiger partial charge in [0.05, 0.1) is 0 Å². The summed E-state index contributed by atoms with van der Waals surface area (Å²) >= 11 is 0. The van der Waals surface area contributed by atoms with Gasteiger partial charge in [-0.2, -0.15) is 0 Å². The Kier molecular flexibility index (Phi) is 7.56. The van der Waals surface area contributed by atoms with E-state index in [1.807, 2.05) is 0 Å². The lowest BCUT2D eigenvalue weighted by Gasteiger charge is -2.28. The minimum atomic E-state index is -0.167. The largest absolute Gasteiger partial charge is 0.310 e. The van der Waals surface area contributed by atoms with Crippen molar-refractivity contribution in [2.45, 2.75) is 19.3 Å². The number of anilines is 3. The molecular formula is C53H39N. The summed E-state index contributed by atoms with van der Waals surface area (Å²) in [6.07, 6.45) is 0. The SMILES string of the molecule is CC1(C)c2cc(-c3ccc(-c4cccc5ccccc45)cc3)ccc2-c2ccc(N(c3ccccc3)c3ccc4cc(-c5ccccc5)ccc4c3)cc21. The van der Waals surface area contributed by atoms with E-state index >= 15 is 0 Å². The van der Waals surface area contributed by atoms with Gasteiger partial charge in [0.1, 0.15) is 0 Å². The minimum Gasteiger partial charge on any atom is -0.310 e. The van der Waals surface area contributed by atoms with E-state index in [1.54, 1.807) is 0 Å². The van der Waals surface area contributed by atoms with Gasteiger partial charge in [-0.25, -0.2) is 0 Å². The van der Waals surface area contributed by atoms with E-state index in [0.29, 0.717) is 0 Å². The van der Waals surface area contributed by atoms with Crippen LogP contribution >= 0.6 is 0 Å². The molecule has 0 bridgehead atoms. The summed E-state index contributed by atoms with van der Waals surface area (Å²) in [6, 6.07) is 73.3. The van der Waals surface area contributed by atoms with Crippen LogP contribution in [-0.2, 0) is 5.41 Å². The Balaban J connectivity index is 1.00. The molecule has 256 valence electrons. The first-order valence-corrected chi connectivity index (χ1v) is 18.8. The lowest BCUT2D eigenvalue weighted by Crippen LogP contribution is -2.16. The van der Waals surface area contributed by atoms with Crippen LogP contribution in [0.15, 0.2) is 200 Å². The highest BCUT2D eigenvalue weighted by Crippen LogP contribution is 2.51. The van der Waals surface area contributed by atoms with E-state index < -0.39 is 0 Å². The van der Waals surface area contributed by atoms with E-state index in [4.69, 9.17) is 0 Å². The summed E-state index contributed by atoms with van der Waals surface area (Å²) in [6.45, 7) is 4.75. The van der Waals surface area contributed by atoms with Crippen LogP contribution < -0.4 is 4.90 Å². The fraction of sp³-hybridized carbons (Fsp3) is 0.0566. The lowest BCUT2D eigenvalue weighted by atomic mass is 9.81. The van der Waals surface area contributed by atoms with Crippen LogP contribution in [0.2, 0.25) is 0 Å². The van der Waals surface area contributed by atoms with Gasteiger partial charge < -0.3 is 4.90 Å². The highest BCUT2D eigenvalue weighted by Gasteiger charge is 2.36. The quantitative estimate of drug-likeness (QED) is 0.168. The zero-order valence-electron chi connectivity index (χ0n) is 30.5. The van der Waals surface area contributed by atoms with Crippen molar-refractivity contribution in [1.82, 2.24) is 0 Å². The van der Waals surface area contributed by atoms with Crippen LogP contribution in [0.5, 0.6) is 0 Å². The zero-order valence-corrected chi connectivity index (χ0v) is 30.5. The maximum Gasteiger partial charge on any atom is 0.0468 e. The molecular weight excluding hydrogens is 651 g/mol. The van der Waals surface area contributed by atoms with Crippen LogP contribution in [-0.4, -0.2) is 0 Å². The Morgan fingerprint density at radius 1 is 0.315 bits per heavy atom. The van der Waals surface area contributed by atoms with E-state index in [1.165, 1.54) is 77.2 Å². The third kappa shape index (κ3) is 5.40. The summed E-state index contributed by atoms with van der Waals surface area (Å²) in [4.78, 5) is 2.40. The number of para-hydroxylation sites is 1. The van der Waals surface area contributed by atoms with Gasteiger partial charge in [0, 0.05) is 22.5 Å². The number of hydrogen-bond donors (Lipinski definition) is 0. The third-order valence-corrected chi connectivity index (χ3v) is 11.4. The summed E-state index contributed by atoms with van der Waals surface area (Å²) < 4.78 is 0. The van der Waals surface area contributed by atoms with E-state index in [9.17, 15) is 0 Å². The first-order chi connectivity index (χ1) is 26.5. The Hall–Kier alpha value is -6.70. The molecule has 1 aliphatic rings. The van der Waals surface area contributed by atoms with E-state index in [0.717, 1.165) is 17.1 Å². The monoisotopic (exact) mass is 689 g/mol. The molecule has 0 spiro atoms. The third-order valence-electron chi connectivity index (χ3n) is 11.4. The summed E-state index contributed by atoms with van der Waals surface area (Å²) in [5.74, 6) is 0. The molecule has 0 saturated carbocycles. The van der Waals surface area contributed by atoms with Gasteiger partial charge >= 0.3 is 0 Å². The number of hydrogen-bond acceptors (Lipinski definition) is 1. The van der Waals surface area contributed by atoms with Crippen molar-refractivity contribution in [3.05, 3.63) is 211 Å². The molecule has 0 radical (unpaired) electrons. The summed E-state index contributed by atoms with van der Waals surface area (Å²) in [5, 5.41) is 5.01. The highest BCUT2D eigenvalue weighted by atomic mass is 15.1. The minimum absolute atomic E-state index is 0.167. The Morgan fingerprint density at radius 2 is 0.852 bits per heavy atom. The van der Waals surface area contributed by atoms with E-state index in [-0.39, 0.29) is 5.41 Å². The van der Waals surface area contributed by atoms with Crippen LogP contribution in [0.4, 0.5) is 17.1 Å². The molecule has 0 amide bonds. The van der Waals surface area contributed by atoms with Crippen LogP contribution in [0, 0.1) is 0 Å². The standard InChI is InChI=1S/C53H39N/c1-53(2)51-34-43(37-20-22-39(23-21-37)48-19-11-15-38-14-9-10-18-47(38)48)27-30-49(51)50-31-29-46(35-52(50)53)54(44-16-7-4-8-17-44)45-28-26-41-32-40(24-25-42(41)33-45)36-12-5-3-6-13-36/h3-35H,1-2H3. The second kappa shape index (κ2) is 12.8. The zero-order chi connectivity index (χ0) is 36.2. The van der Waals surface area contributed by atoms with Gasteiger partial charge in [0.25, 0.3) is 0 Å². The molecule has 0 aliphatic heterocycles. The molecule has 0 N–H and O–H groups in total. The average Bonchev–Trinajstić information content (AvgIpc) is 3.46. The van der Waals surface area contributed by atoms with Crippen LogP contribution in [0.1, 0.15) is 25.0 Å². The number of nitrogens with zero attached hydrogens (tertiary/aromatic N) is 1. The molecule has 10 rings (SSSR count). The van der Waals surface area contributed by atoms with Gasteiger partial charge in [-0.05, 0) is 126 Å². The fourth-order valence-corrected chi connectivity index (χ4v) is 8.57. The molecule has 0 aromatic heterocycles. The number of rotatable bonds is 6. The Morgan fingerprint density at radius 3 is 1.67 bits per heavy atom. The van der Waals surface area contributed by atoms with Crippen molar-refractivity contribution in [3.8, 4) is 44.5 Å². The van der Waals surface area contributed by atoms with Gasteiger partial charge in [0.2, 0.25) is 0 Å². The van der Waals surface area contributed by atoms with E-state index in [2.05, 4.69) is 219 Å². The normalized spacial score (nSPS) is 12.8. The van der Waals surface area contributed by atoms with Crippen LogP contribution in [0.3, 0.4) is 0 Å². The highest BCUT2D eigenvalue weighted by molar-refractivity contribution is 5.97. The summed E-state index contributed by atoms with van der Waals surface area (Å²) in [5.41, 5.74) is 16.1. The predicted molar refractivity (Wildman–Crippen MR) is 230 cm³/mol. The molecule has 0 atom stereocenters. The van der Waals surface area contributed by atoms with Gasteiger partial charge in [-0.1, -0.05) is 166 Å². The van der Waals surface area contributed by atoms with Gasteiger partial charge in [-0.15, -0.1) is 0 Å². The Labute approximate surface area is 317 Å². The van der Waals surface area contributed by atoms with Crippen molar-refractivity contribution < 1.29 is 0 Å². The first-order valence-electron chi connectivity index (χ1n) is 18.8. The molecule has 9 aromatic carbocycles. The van der Waals surface area contributed by atoms with Gasteiger partial charge in [0.15, 0.2) is 0 Å². The van der Waals surface area contributed by atoms with Crippen molar-refractivity contribution in [2.24, 2.45) is 0 Å². The molecule has 0 heterocycles. The molecule has 54 heavy (non-hydrogen) atoms. The predicted octanol–water partition coefficient (Wildman–Crippen LogP) is 14.8. The number of fused-ring (bicyclic) bond motifs is 5. The van der Waals surface area contributed by atoms with Crippen molar-refractivity contribution >= 4 is 38.6 Å². The van der Waals surface area contributed by atoms with Crippen LogP contribution in [0.25, 0.3) is 66.1 Å². The second-order valence-corrected chi connectivity index (χ2v) is 15.0.